The molecule has 0 aromatic carbocycles. The zero-order chi connectivity index (χ0) is 10.3. The number of hydrogen-bond donors (Lipinski definition) is 0. The van der Waals surface area contributed by atoms with E-state index in [0.29, 0.717) is 12.3 Å². The van der Waals surface area contributed by atoms with E-state index in [1.165, 1.54) is 0 Å². The Labute approximate surface area is 87.9 Å². The Balaban J connectivity index is 1.81. The van der Waals surface area contributed by atoms with Crippen LogP contribution in [0.25, 0.3) is 0 Å². The van der Waals surface area contributed by atoms with Gasteiger partial charge in [0.25, 0.3) is 5.91 Å². The summed E-state index contributed by atoms with van der Waals surface area (Å²) in [4.78, 5) is 18.0. The van der Waals surface area contributed by atoms with E-state index in [1.807, 2.05) is 17.0 Å². The van der Waals surface area contributed by atoms with Crippen molar-refractivity contribution in [2.24, 2.45) is 0 Å². The van der Waals surface area contributed by atoms with E-state index in [9.17, 15) is 4.79 Å². The van der Waals surface area contributed by atoms with Crippen LogP contribution in [-0.4, -0.2) is 41.1 Å². The van der Waals surface area contributed by atoms with Crippen molar-refractivity contribution in [1.29, 1.82) is 0 Å². The van der Waals surface area contributed by atoms with Crippen LogP contribution in [0.15, 0.2) is 24.4 Å². The molecule has 0 radical (unpaired) electrons. The number of carbonyl (C=O) groups excluding carboxylic acids is 1. The second-order valence-electron chi connectivity index (χ2n) is 4.02. The van der Waals surface area contributed by atoms with Crippen molar-refractivity contribution in [3.05, 3.63) is 30.1 Å². The fraction of sp³-hybridized carbons (Fsp3) is 0.455. The van der Waals surface area contributed by atoms with E-state index in [4.69, 9.17) is 4.74 Å². The van der Waals surface area contributed by atoms with E-state index in [2.05, 4.69) is 4.98 Å². The summed E-state index contributed by atoms with van der Waals surface area (Å²) in [5, 5.41) is 0. The highest BCUT2D eigenvalue weighted by molar-refractivity contribution is 5.92. The standard InChI is InChI=1S/C11H12N2O2/c14-11(10-3-1-2-4-12-10)13-6-9-5-8(13)7-15-9/h1-4,8-9H,5-7H2. The lowest BCUT2D eigenvalue weighted by atomic mass is 10.2. The molecule has 0 saturated carbocycles. The molecule has 2 unspecified atom stereocenters. The molecule has 78 valence electrons. The maximum absolute atomic E-state index is 12.0. The van der Waals surface area contributed by atoms with Crippen LogP contribution in [0, 0.1) is 0 Å². The summed E-state index contributed by atoms with van der Waals surface area (Å²) in [5.41, 5.74) is 0.532. The molecule has 1 aromatic rings. The highest BCUT2D eigenvalue weighted by Gasteiger charge is 2.41. The van der Waals surface area contributed by atoms with Gasteiger partial charge in [0.05, 0.1) is 18.8 Å². The number of morpholine rings is 1. The van der Waals surface area contributed by atoms with Crippen molar-refractivity contribution in [2.75, 3.05) is 13.2 Å². The molecule has 2 atom stereocenters. The number of rotatable bonds is 1. The lowest BCUT2D eigenvalue weighted by molar-refractivity contribution is 0.0255. The number of fused-ring (bicyclic) bond motifs is 2. The molecule has 2 fully saturated rings. The number of pyridine rings is 1. The Morgan fingerprint density at radius 1 is 1.53 bits per heavy atom. The highest BCUT2D eigenvalue weighted by atomic mass is 16.5. The predicted octanol–water partition coefficient (Wildman–Crippen LogP) is 0.695. The molecule has 2 aliphatic heterocycles. The summed E-state index contributed by atoms with van der Waals surface area (Å²) < 4.78 is 5.45. The van der Waals surface area contributed by atoms with Gasteiger partial charge in [-0.25, -0.2) is 0 Å². The number of likely N-dealkylation sites (tertiary alicyclic amines) is 1. The molecule has 2 aliphatic rings. The lowest BCUT2D eigenvalue weighted by Crippen LogP contribution is -2.41. The Morgan fingerprint density at radius 2 is 2.47 bits per heavy atom. The van der Waals surface area contributed by atoms with Crippen molar-refractivity contribution in [3.63, 3.8) is 0 Å². The molecule has 0 N–H and O–H groups in total. The maximum atomic E-state index is 12.0. The molecule has 1 amide bonds. The average Bonchev–Trinajstić information content (AvgIpc) is 2.91. The molecular formula is C11H12N2O2. The van der Waals surface area contributed by atoms with Gasteiger partial charge in [-0.15, -0.1) is 0 Å². The van der Waals surface area contributed by atoms with Crippen molar-refractivity contribution < 1.29 is 9.53 Å². The molecule has 3 rings (SSSR count). The van der Waals surface area contributed by atoms with Gasteiger partial charge < -0.3 is 9.64 Å². The molecule has 1 aromatic heterocycles. The SMILES string of the molecule is O=C(c1ccccn1)N1CC2CC1CO2. The number of nitrogens with zero attached hydrogens (tertiary/aromatic N) is 2. The van der Waals surface area contributed by atoms with Crippen LogP contribution in [0.4, 0.5) is 0 Å². The fourth-order valence-corrected chi connectivity index (χ4v) is 2.28. The molecule has 2 bridgehead atoms. The Bertz CT molecular complexity index is 379. The van der Waals surface area contributed by atoms with Crippen molar-refractivity contribution in [2.45, 2.75) is 18.6 Å². The van der Waals surface area contributed by atoms with Crippen LogP contribution < -0.4 is 0 Å². The van der Waals surface area contributed by atoms with Crippen LogP contribution in [0.1, 0.15) is 16.9 Å². The number of ether oxygens (including phenoxy) is 1. The van der Waals surface area contributed by atoms with Gasteiger partial charge in [0.1, 0.15) is 5.69 Å². The topological polar surface area (TPSA) is 42.4 Å². The smallest absolute Gasteiger partial charge is 0.272 e. The minimum atomic E-state index is 0.0337. The van der Waals surface area contributed by atoms with Gasteiger partial charge in [-0.1, -0.05) is 6.07 Å². The second-order valence-corrected chi connectivity index (χ2v) is 4.02. The molecule has 4 nitrogen and oxygen atoms in total. The molecule has 3 heterocycles. The molecule has 2 saturated heterocycles. The van der Waals surface area contributed by atoms with Gasteiger partial charge in [-0.05, 0) is 18.6 Å². The summed E-state index contributed by atoms with van der Waals surface area (Å²) in [6, 6.07) is 5.68. The van der Waals surface area contributed by atoms with Crippen LogP contribution in [-0.2, 0) is 4.74 Å². The summed E-state index contributed by atoms with van der Waals surface area (Å²) in [7, 11) is 0. The Morgan fingerprint density at radius 3 is 3.07 bits per heavy atom. The number of hydrogen-bond acceptors (Lipinski definition) is 3. The monoisotopic (exact) mass is 204 g/mol. The number of amides is 1. The van der Waals surface area contributed by atoms with E-state index in [-0.39, 0.29) is 18.1 Å². The highest BCUT2D eigenvalue weighted by Crippen LogP contribution is 2.28. The summed E-state index contributed by atoms with van der Waals surface area (Å²) in [6.45, 7) is 1.41. The van der Waals surface area contributed by atoms with Gasteiger partial charge in [0, 0.05) is 12.7 Å². The molecule has 15 heavy (non-hydrogen) atoms. The first kappa shape index (κ1) is 8.85. The molecule has 0 aliphatic carbocycles. The first-order valence-electron chi connectivity index (χ1n) is 5.18. The third kappa shape index (κ3) is 1.41. The second kappa shape index (κ2) is 3.31. The minimum Gasteiger partial charge on any atom is -0.374 e. The van der Waals surface area contributed by atoms with Gasteiger partial charge in [0.15, 0.2) is 0 Å². The zero-order valence-corrected chi connectivity index (χ0v) is 8.30. The fourth-order valence-electron chi connectivity index (χ4n) is 2.28. The quantitative estimate of drug-likeness (QED) is 0.676. The summed E-state index contributed by atoms with van der Waals surface area (Å²) in [6.07, 6.45) is 2.89. The first-order valence-corrected chi connectivity index (χ1v) is 5.18. The van der Waals surface area contributed by atoms with E-state index in [1.54, 1.807) is 12.3 Å². The van der Waals surface area contributed by atoms with E-state index >= 15 is 0 Å². The van der Waals surface area contributed by atoms with Crippen LogP contribution in [0.2, 0.25) is 0 Å². The third-order valence-electron chi connectivity index (χ3n) is 3.05. The number of aromatic nitrogens is 1. The summed E-state index contributed by atoms with van der Waals surface area (Å²) >= 11 is 0. The normalized spacial score (nSPS) is 28.4. The zero-order valence-electron chi connectivity index (χ0n) is 8.30. The van der Waals surface area contributed by atoms with Crippen LogP contribution in [0.5, 0.6) is 0 Å². The summed E-state index contributed by atoms with van der Waals surface area (Å²) in [5.74, 6) is 0.0337. The van der Waals surface area contributed by atoms with Crippen molar-refractivity contribution in [1.82, 2.24) is 9.88 Å². The van der Waals surface area contributed by atoms with Gasteiger partial charge in [0.2, 0.25) is 0 Å². The Hall–Kier alpha value is -1.42. The molecule has 4 heteroatoms. The van der Waals surface area contributed by atoms with Gasteiger partial charge in [-0.3, -0.25) is 9.78 Å². The van der Waals surface area contributed by atoms with Crippen molar-refractivity contribution >= 4 is 5.91 Å². The van der Waals surface area contributed by atoms with E-state index < -0.39 is 0 Å². The lowest BCUT2D eigenvalue weighted by Gasteiger charge is -2.26. The van der Waals surface area contributed by atoms with E-state index in [0.717, 1.165) is 13.0 Å². The van der Waals surface area contributed by atoms with Crippen molar-refractivity contribution in [3.8, 4) is 0 Å². The first-order chi connectivity index (χ1) is 7.34. The minimum absolute atomic E-state index is 0.0337. The van der Waals surface area contributed by atoms with Crippen LogP contribution >= 0.6 is 0 Å². The third-order valence-corrected chi connectivity index (χ3v) is 3.05. The van der Waals surface area contributed by atoms with Crippen LogP contribution in [0.3, 0.4) is 0 Å². The maximum Gasteiger partial charge on any atom is 0.272 e. The molecular weight excluding hydrogens is 192 g/mol. The van der Waals surface area contributed by atoms with Gasteiger partial charge >= 0.3 is 0 Å². The number of carbonyl (C=O) groups is 1. The predicted molar refractivity (Wildman–Crippen MR) is 53.4 cm³/mol. The van der Waals surface area contributed by atoms with Gasteiger partial charge in [-0.2, -0.15) is 0 Å². The molecule has 0 spiro atoms. The Kier molecular flexibility index (Phi) is 1.95. The largest absolute Gasteiger partial charge is 0.374 e. The average molecular weight is 204 g/mol.